The molecule has 0 spiro atoms. The van der Waals surface area contributed by atoms with Gasteiger partial charge in [0.15, 0.2) is 23.8 Å². The van der Waals surface area contributed by atoms with Gasteiger partial charge in [-0.3, -0.25) is 4.98 Å². The molecule has 0 radical (unpaired) electrons. The van der Waals surface area contributed by atoms with Gasteiger partial charge in [-0.2, -0.15) is 4.57 Å². The number of ether oxygens (including phenoxy) is 4. The summed E-state index contributed by atoms with van der Waals surface area (Å²) in [6.45, 7) is 9.14. The van der Waals surface area contributed by atoms with E-state index in [-0.39, 0.29) is 30.1 Å². The second-order valence-corrected chi connectivity index (χ2v) is 8.43. The first-order valence-corrected chi connectivity index (χ1v) is 8.84. The zero-order valence-electron chi connectivity index (χ0n) is 14.6. The predicted molar refractivity (Wildman–Crippen MR) is 82.9 cm³/mol. The maximum absolute atomic E-state index is 6.30. The van der Waals surface area contributed by atoms with Crippen LogP contribution in [0.15, 0.2) is 18.6 Å². The van der Waals surface area contributed by atoms with Crippen molar-refractivity contribution in [3.63, 3.8) is 0 Å². The Balaban J connectivity index is 1.49. The second kappa shape index (κ2) is 4.75. The average Bonchev–Trinajstić information content (AvgIpc) is 2.99. The molecule has 4 aliphatic heterocycles. The molecule has 0 amide bonds. The first kappa shape index (κ1) is 15.2. The quantitative estimate of drug-likeness (QED) is 0.667. The molecule has 0 aromatic carbocycles. The van der Waals surface area contributed by atoms with E-state index in [4.69, 9.17) is 18.9 Å². The Kier molecular flexibility index (Phi) is 3.01. The first-order valence-electron chi connectivity index (χ1n) is 8.84. The molecule has 24 heavy (non-hydrogen) atoms. The van der Waals surface area contributed by atoms with E-state index in [0.717, 1.165) is 13.0 Å². The monoisotopic (exact) mass is 333 g/mol. The van der Waals surface area contributed by atoms with Gasteiger partial charge in [0, 0.05) is 26.2 Å². The van der Waals surface area contributed by atoms with Crippen molar-refractivity contribution in [2.45, 2.75) is 70.0 Å². The zero-order chi connectivity index (χ0) is 16.7. The molecule has 6 nitrogen and oxygen atoms in total. The maximum Gasteiger partial charge on any atom is 0.200 e. The number of rotatable bonds is 0. The lowest BCUT2D eigenvalue weighted by Gasteiger charge is -2.46. The molecule has 0 N–H and O–H groups in total. The Morgan fingerprint density at radius 2 is 1.96 bits per heavy atom. The Hall–Kier alpha value is -1.08. The van der Waals surface area contributed by atoms with Crippen LogP contribution in [0.25, 0.3) is 0 Å². The van der Waals surface area contributed by atoms with Gasteiger partial charge in [-0.25, -0.2) is 0 Å². The van der Waals surface area contributed by atoms with E-state index in [1.165, 1.54) is 5.69 Å². The van der Waals surface area contributed by atoms with Crippen molar-refractivity contribution in [3.05, 3.63) is 24.3 Å². The van der Waals surface area contributed by atoms with E-state index in [0.29, 0.717) is 11.8 Å². The van der Waals surface area contributed by atoms with E-state index in [9.17, 15) is 0 Å². The lowest BCUT2D eigenvalue weighted by atomic mass is 9.68. The Bertz CT molecular complexity index is 677. The van der Waals surface area contributed by atoms with Crippen LogP contribution < -0.4 is 4.57 Å². The van der Waals surface area contributed by atoms with Crippen molar-refractivity contribution in [3.8, 4) is 0 Å². The molecule has 5 heterocycles. The number of nitrogens with zero attached hydrogens (tertiary/aromatic N) is 2. The highest BCUT2D eigenvalue weighted by Gasteiger charge is 2.63. The summed E-state index contributed by atoms with van der Waals surface area (Å²) >= 11 is 0. The zero-order valence-corrected chi connectivity index (χ0v) is 14.6. The minimum atomic E-state index is -0.598. The predicted octanol–water partition coefficient (Wildman–Crippen LogP) is 1.17. The van der Waals surface area contributed by atoms with Crippen LogP contribution in [0.5, 0.6) is 0 Å². The van der Waals surface area contributed by atoms with Crippen molar-refractivity contribution in [1.29, 1.82) is 0 Å². The Morgan fingerprint density at radius 3 is 2.79 bits per heavy atom. The van der Waals surface area contributed by atoms with E-state index >= 15 is 0 Å². The molecule has 130 valence electrons. The molecule has 0 saturated carbocycles. The van der Waals surface area contributed by atoms with Crippen molar-refractivity contribution >= 4 is 0 Å². The topological polar surface area (TPSA) is 53.7 Å². The minimum Gasteiger partial charge on any atom is -0.372 e. The molecule has 4 aliphatic rings. The summed E-state index contributed by atoms with van der Waals surface area (Å²) in [5, 5.41) is 0. The average molecular weight is 333 g/mol. The van der Waals surface area contributed by atoms with Crippen LogP contribution >= 0.6 is 0 Å². The normalized spacial score (nSPS) is 44.3. The fraction of sp³-hybridized carbons (Fsp3) is 0.778. The van der Waals surface area contributed by atoms with Crippen LogP contribution in [0, 0.1) is 11.8 Å². The Labute approximate surface area is 142 Å². The molecule has 1 aromatic rings. The first-order chi connectivity index (χ1) is 11.4. The lowest BCUT2D eigenvalue weighted by molar-refractivity contribution is -0.782. The summed E-state index contributed by atoms with van der Waals surface area (Å²) in [6.07, 6.45) is 6.40. The third-order valence-corrected chi connectivity index (χ3v) is 6.24. The van der Waals surface area contributed by atoms with E-state index < -0.39 is 5.79 Å². The smallest absolute Gasteiger partial charge is 0.200 e. The molecule has 3 saturated heterocycles. The van der Waals surface area contributed by atoms with Crippen molar-refractivity contribution in [2.75, 3.05) is 6.61 Å². The molecular weight excluding hydrogens is 308 g/mol. The number of hydrogen-bond donors (Lipinski definition) is 0. The Morgan fingerprint density at radius 1 is 1.12 bits per heavy atom. The lowest BCUT2D eigenvalue weighted by Crippen LogP contribution is -2.68. The van der Waals surface area contributed by atoms with Crippen LogP contribution in [0.3, 0.4) is 0 Å². The van der Waals surface area contributed by atoms with Crippen LogP contribution in [-0.2, 0) is 30.9 Å². The van der Waals surface area contributed by atoms with Crippen LogP contribution in [-0.4, -0.2) is 42.0 Å². The summed E-state index contributed by atoms with van der Waals surface area (Å²) in [5.74, 6) is 0.188. The van der Waals surface area contributed by atoms with Gasteiger partial charge in [0.1, 0.15) is 12.2 Å². The van der Waals surface area contributed by atoms with Gasteiger partial charge in [-0.15, -0.1) is 0 Å². The van der Waals surface area contributed by atoms with Crippen molar-refractivity contribution in [1.82, 2.24) is 4.98 Å². The van der Waals surface area contributed by atoms with Crippen molar-refractivity contribution < 1.29 is 23.5 Å². The molecule has 0 bridgehead atoms. The maximum atomic E-state index is 6.30. The van der Waals surface area contributed by atoms with Gasteiger partial charge in [0.05, 0.1) is 31.0 Å². The fourth-order valence-electron chi connectivity index (χ4n) is 5.12. The number of aromatic nitrogens is 2. The third kappa shape index (κ3) is 1.97. The summed E-state index contributed by atoms with van der Waals surface area (Å²) < 4.78 is 26.9. The van der Waals surface area contributed by atoms with Gasteiger partial charge in [0.2, 0.25) is 5.69 Å². The molecule has 5 rings (SSSR count). The van der Waals surface area contributed by atoms with E-state index in [1.807, 2.05) is 26.2 Å². The molecule has 1 aromatic heterocycles. The number of fused-ring (bicyclic) bond motifs is 6. The van der Waals surface area contributed by atoms with Crippen LogP contribution in [0.4, 0.5) is 0 Å². The summed E-state index contributed by atoms with van der Waals surface area (Å²) in [6, 6.07) is 0. The van der Waals surface area contributed by atoms with Gasteiger partial charge < -0.3 is 18.9 Å². The third-order valence-electron chi connectivity index (χ3n) is 6.24. The highest BCUT2D eigenvalue weighted by molar-refractivity contribution is 5.07. The molecule has 6 atom stereocenters. The molecule has 6 heteroatoms. The van der Waals surface area contributed by atoms with Gasteiger partial charge in [-0.1, -0.05) is 0 Å². The second-order valence-electron chi connectivity index (χ2n) is 8.43. The minimum absolute atomic E-state index is 0.0167. The standard InChI is InChI=1S/C18H25N2O4/c1-17(2)12-9-21-14-13(22-16-15(14)23-18(3,4)24-16)11(12)7-10-8-19-5-6-20(10)17/h5-6,8,11-16H,7,9H2,1-4H3/q+1/t11-,12+,13+,14-,15+,16+/m0/s1. The van der Waals surface area contributed by atoms with E-state index in [2.05, 4.69) is 29.6 Å². The van der Waals surface area contributed by atoms with Crippen LogP contribution in [0.1, 0.15) is 33.4 Å². The summed E-state index contributed by atoms with van der Waals surface area (Å²) in [7, 11) is 0. The summed E-state index contributed by atoms with van der Waals surface area (Å²) in [5.41, 5.74) is 1.22. The molecule has 3 fully saturated rings. The largest absolute Gasteiger partial charge is 0.372 e. The fourth-order valence-corrected chi connectivity index (χ4v) is 5.12. The van der Waals surface area contributed by atoms with Crippen LogP contribution in [0.2, 0.25) is 0 Å². The summed E-state index contributed by atoms with van der Waals surface area (Å²) in [4.78, 5) is 4.32. The van der Waals surface area contributed by atoms with E-state index in [1.54, 1.807) is 0 Å². The number of hydrogen-bond acceptors (Lipinski definition) is 5. The van der Waals surface area contributed by atoms with Gasteiger partial charge >= 0.3 is 0 Å². The highest BCUT2D eigenvalue weighted by Crippen LogP contribution is 2.48. The van der Waals surface area contributed by atoms with Crippen molar-refractivity contribution in [2.24, 2.45) is 11.8 Å². The molecule has 0 aliphatic carbocycles. The highest BCUT2D eigenvalue weighted by atomic mass is 16.8. The van der Waals surface area contributed by atoms with Gasteiger partial charge in [0.25, 0.3) is 0 Å². The SMILES string of the molecule is CC1(C)O[C@H]2O[C@@H]3[C@H]4Cc5cncc[n+]5C(C)(C)[C@@H]4CO[C@@H]3[C@H]2O1. The molecular formula is C18H25N2O4+. The molecule has 0 unspecified atom stereocenters. The van der Waals surface area contributed by atoms with Gasteiger partial charge in [-0.05, 0) is 13.8 Å².